The number of rotatable bonds is 4. The molecule has 84 valence electrons. The first-order valence-corrected chi connectivity index (χ1v) is 7.48. The Bertz CT molecular complexity index is 447. The predicted molar refractivity (Wildman–Crippen MR) is 67.4 cm³/mol. The zero-order valence-corrected chi connectivity index (χ0v) is 11.3. The van der Waals surface area contributed by atoms with E-state index < -0.39 is 9.84 Å². The molecule has 15 heavy (non-hydrogen) atoms. The largest absolute Gasteiger partial charge is 0.383 e. The highest BCUT2D eigenvalue weighted by Crippen LogP contribution is 2.25. The van der Waals surface area contributed by atoms with E-state index in [4.69, 9.17) is 11.6 Å². The van der Waals surface area contributed by atoms with Gasteiger partial charge in [-0.25, -0.2) is 8.42 Å². The van der Waals surface area contributed by atoms with Gasteiger partial charge < -0.3 is 5.32 Å². The molecule has 0 spiro atoms. The molecule has 1 aromatic rings. The van der Waals surface area contributed by atoms with Gasteiger partial charge >= 0.3 is 0 Å². The highest BCUT2D eigenvalue weighted by Gasteiger charge is 2.03. The van der Waals surface area contributed by atoms with Crippen LogP contribution >= 0.6 is 27.5 Å². The number of sulfone groups is 1. The summed E-state index contributed by atoms with van der Waals surface area (Å²) in [6.07, 6.45) is 1.21. The second-order valence-electron chi connectivity index (χ2n) is 3.18. The van der Waals surface area contributed by atoms with Crippen molar-refractivity contribution in [1.29, 1.82) is 0 Å². The fraction of sp³-hybridized carbons (Fsp3) is 0.333. The lowest BCUT2D eigenvalue weighted by molar-refractivity contribution is 0.602. The summed E-state index contributed by atoms with van der Waals surface area (Å²) in [5, 5.41) is 3.53. The zero-order chi connectivity index (χ0) is 11.5. The molecule has 3 nitrogen and oxygen atoms in total. The first-order chi connectivity index (χ1) is 6.88. The Morgan fingerprint density at radius 3 is 2.67 bits per heavy atom. The summed E-state index contributed by atoms with van der Waals surface area (Å²) in [6, 6.07) is 5.40. The van der Waals surface area contributed by atoms with Crippen molar-refractivity contribution < 1.29 is 8.42 Å². The Hall–Kier alpha value is -0.260. The van der Waals surface area contributed by atoms with Gasteiger partial charge in [-0.2, -0.15) is 0 Å². The van der Waals surface area contributed by atoms with E-state index >= 15 is 0 Å². The van der Waals surface area contributed by atoms with Crippen molar-refractivity contribution in [3.05, 3.63) is 27.7 Å². The van der Waals surface area contributed by atoms with Gasteiger partial charge in [0.1, 0.15) is 9.84 Å². The number of hydrogen-bond acceptors (Lipinski definition) is 3. The van der Waals surface area contributed by atoms with Crippen LogP contribution in [0.3, 0.4) is 0 Å². The molecule has 0 atom stereocenters. The van der Waals surface area contributed by atoms with E-state index in [1.54, 1.807) is 12.1 Å². The van der Waals surface area contributed by atoms with Crippen molar-refractivity contribution >= 4 is 43.1 Å². The average molecular weight is 313 g/mol. The molecule has 1 N–H and O–H groups in total. The van der Waals surface area contributed by atoms with Crippen molar-refractivity contribution in [3.8, 4) is 0 Å². The topological polar surface area (TPSA) is 46.2 Å². The summed E-state index contributed by atoms with van der Waals surface area (Å²) in [4.78, 5) is 0. The summed E-state index contributed by atoms with van der Waals surface area (Å²) in [6.45, 7) is 0.361. The van der Waals surface area contributed by atoms with Crippen LogP contribution in [0.5, 0.6) is 0 Å². The van der Waals surface area contributed by atoms with Gasteiger partial charge in [0.05, 0.1) is 16.5 Å². The molecule has 0 saturated carbocycles. The fourth-order valence-corrected chi connectivity index (χ4v) is 2.22. The van der Waals surface area contributed by atoms with Crippen LogP contribution in [-0.4, -0.2) is 27.0 Å². The quantitative estimate of drug-likeness (QED) is 0.929. The molecule has 0 bridgehead atoms. The van der Waals surface area contributed by atoms with Crippen LogP contribution < -0.4 is 5.32 Å². The lowest BCUT2D eigenvalue weighted by Gasteiger charge is -2.07. The first-order valence-electron chi connectivity index (χ1n) is 4.25. The van der Waals surface area contributed by atoms with E-state index in [2.05, 4.69) is 21.2 Å². The maximum Gasteiger partial charge on any atom is 0.149 e. The standard InChI is InChI=1S/C9H11BrClNO2S/c1-15(13,14)5-4-12-9-3-2-7(10)6-8(9)11/h2-3,6,12H,4-5H2,1H3. The number of halogens is 2. The Labute approximate surface area is 103 Å². The van der Waals surface area contributed by atoms with E-state index in [1.807, 2.05) is 6.07 Å². The van der Waals surface area contributed by atoms with Gasteiger partial charge in [0, 0.05) is 17.3 Å². The lowest BCUT2D eigenvalue weighted by atomic mass is 10.3. The third-order valence-corrected chi connectivity index (χ3v) is 3.47. The molecule has 0 aliphatic heterocycles. The highest BCUT2D eigenvalue weighted by molar-refractivity contribution is 9.10. The van der Waals surface area contributed by atoms with Gasteiger partial charge in [-0.15, -0.1) is 0 Å². The number of anilines is 1. The van der Waals surface area contributed by atoms with Crippen molar-refractivity contribution in [2.45, 2.75) is 0 Å². The molecule has 0 aliphatic carbocycles. The lowest BCUT2D eigenvalue weighted by Crippen LogP contribution is -2.14. The average Bonchev–Trinajstić information content (AvgIpc) is 2.07. The number of benzene rings is 1. The van der Waals surface area contributed by atoms with Crippen LogP contribution in [0.4, 0.5) is 5.69 Å². The van der Waals surface area contributed by atoms with Crippen LogP contribution in [0.1, 0.15) is 0 Å². The fourth-order valence-electron chi connectivity index (χ4n) is 1.00. The molecule has 0 saturated heterocycles. The Morgan fingerprint density at radius 2 is 2.13 bits per heavy atom. The van der Waals surface area contributed by atoms with E-state index in [1.165, 1.54) is 6.26 Å². The molecule has 6 heteroatoms. The summed E-state index contributed by atoms with van der Waals surface area (Å²) in [5.74, 6) is 0.0966. The van der Waals surface area contributed by atoms with E-state index in [9.17, 15) is 8.42 Å². The second-order valence-corrected chi connectivity index (χ2v) is 6.76. The Kier molecular flexibility index (Phi) is 4.43. The SMILES string of the molecule is CS(=O)(=O)CCNc1ccc(Br)cc1Cl. The van der Waals surface area contributed by atoms with Crippen LogP contribution in [0.2, 0.25) is 5.02 Å². The molecule has 0 amide bonds. The molecular formula is C9H11BrClNO2S. The van der Waals surface area contributed by atoms with Gasteiger partial charge in [-0.3, -0.25) is 0 Å². The van der Waals surface area contributed by atoms with E-state index in [-0.39, 0.29) is 5.75 Å². The monoisotopic (exact) mass is 311 g/mol. The molecule has 0 aliphatic rings. The van der Waals surface area contributed by atoms with E-state index in [0.29, 0.717) is 11.6 Å². The Morgan fingerprint density at radius 1 is 1.47 bits per heavy atom. The van der Waals surface area contributed by atoms with Crippen LogP contribution in [0, 0.1) is 0 Å². The van der Waals surface area contributed by atoms with E-state index in [0.717, 1.165) is 10.2 Å². The third kappa shape index (κ3) is 4.86. The maximum absolute atomic E-state index is 10.9. The summed E-state index contributed by atoms with van der Waals surface area (Å²) in [7, 11) is -2.93. The third-order valence-electron chi connectivity index (χ3n) is 1.72. The van der Waals surface area contributed by atoms with Crippen molar-refractivity contribution in [3.63, 3.8) is 0 Å². The van der Waals surface area contributed by atoms with Crippen molar-refractivity contribution in [2.24, 2.45) is 0 Å². The van der Waals surface area contributed by atoms with Gasteiger partial charge in [0.2, 0.25) is 0 Å². The molecule has 0 unspecified atom stereocenters. The summed E-state index contributed by atoms with van der Waals surface area (Å²) < 4.78 is 22.6. The number of hydrogen-bond donors (Lipinski definition) is 1. The second kappa shape index (κ2) is 5.18. The summed E-state index contributed by atoms with van der Waals surface area (Å²) >= 11 is 9.23. The minimum Gasteiger partial charge on any atom is -0.383 e. The zero-order valence-electron chi connectivity index (χ0n) is 8.13. The molecule has 1 rings (SSSR count). The van der Waals surface area contributed by atoms with Gasteiger partial charge in [0.15, 0.2) is 0 Å². The Balaban J connectivity index is 2.59. The van der Waals surface area contributed by atoms with Gasteiger partial charge in [-0.05, 0) is 18.2 Å². The van der Waals surface area contributed by atoms with Gasteiger partial charge in [0.25, 0.3) is 0 Å². The van der Waals surface area contributed by atoms with Crippen LogP contribution in [-0.2, 0) is 9.84 Å². The van der Waals surface area contributed by atoms with Crippen molar-refractivity contribution in [1.82, 2.24) is 0 Å². The predicted octanol–water partition coefficient (Wildman–Crippen LogP) is 2.56. The molecular weight excluding hydrogens is 302 g/mol. The molecule has 0 fully saturated rings. The molecule has 0 heterocycles. The molecule has 1 aromatic carbocycles. The van der Waals surface area contributed by atoms with Crippen LogP contribution in [0.15, 0.2) is 22.7 Å². The number of nitrogens with one attached hydrogen (secondary N) is 1. The minimum absolute atomic E-state index is 0.0966. The molecule has 0 radical (unpaired) electrons. The maximum atomic E-state index is 10.9. The minimum atomic E-state index is -2.93. The smallest absolute Gasteiger partial charge is 0.149 e. The highest BCUT2D eigenvalue weighted by atomic mass is 79.9. The van der Waals surface area contributed by atoms with Crippen LogP contribution in [0.25, 0.3) is 0 Å². The van der Waals surface area contributed by atoms with Gasteiger partial charge in [-0.1, -0.05) is 27.5 Å². The normalized spacial score (nSPS) is 11.4. The summed E-state index contributed by atoms with van der Waals surface area (Å²) in [5.41, 5.74) is 0.739. The molecule has 0 aromatic heterocycles. The first kappa shape index (κ1) is 12.8. The van der Waals surface area contributed by atoms with Crippen molar-refractivity contribution in [2.75, 3.05) is 23.9 Å².